The zero-order chi connectivity index (χ0) is 28.0. The van der Waals surface area contributed by atoms with E-state index in [2.05, 4.69) is 38.0 Å². The van der Waals surface area contributed by atoms with E-state index in [0.29, 0.717) is 0 Å². The van der Waals surface area contributed by atoms with Gasteiger partial charge >= 0.3 is 0 Å². The minimum absolute atomic E-state index is 0.285. The smallest absolute Gasteiger partial charge is 0.0937 e. The molecule has 0 bridgehead atoms. The van der Waals surface area contributed by atoms with E-state index in [-0.39, 0.29) is 5.41 Å². The summed E-state index contributed by atoms with van der Waals surface area (Å²) in [6, 6.07) is 0. The SMILES string of the molecule is CCCCCCCCCCCCCCN=C(N)CCC(C)(C)CNCCCCCCCCCCCCCC. The van der Waals surface area contributed by atoms with Crippen LogP contribution in [0.1, 0.15) is 195 Å². The van der Waals surface area contributed by atoms with Gasteiger partial charge in [-0.05, 0) is 31.2 Å². The summed E-state index contributed by atoms with van der Waals surface area (Å²) in [5, 5.41) is 3.70. The summed E-state index contributed by atoms with van der Waals surface area (Å²) in [5.74, 6) is 0.863. The second-order valence-electron chi connectivity index (χ2n) is 13.0. The van der Waals surface area contributed by atoms with Crippen molar-refractivity contribution in [1.82, 2.24) is 5.32 Å². The number of nitrogens with zero attached hydrogens (tertiary/aromatic N) is 1. The summed E-state index contributed by atoms with van der Waals surface area (Å²) in [6.45, 7) is 12.5. The highest BCUT2D eigenvalue weighted by Crippen LogP contribution is 2.21. The molecule has 38 heavy (non-hydrogen) atoms. The van der Waals surface area contributed by atoms with Crippen LogP contribution in [0.3, 0.4) is 0 Å². The van der Waals surface area contributed by atoms with E-state index in [9.17, 15) is 0 Å². The predicted octanol–water partition coefficient (Wildman–Crippen LogP) is 11.1. The van der Waals surface area contributed by atoms with Crippen LogP contribution in [0.25, 0.3) is 0 Å². The Morgan fingerprint density at radius 3 is 1.34 bits per heavy atom. The molecule has 0 atom stereocenters. The maximum atomic E-state index is 6.23. The van der Waals surface area contributed by atoms with Crippen molar-refractivity contribution in [2.45, 2.75) is 195 Å². The molecule has 0 heterocycles. The molecule has 0 radical (unpaired) electrons. The van der Waals surface area contributed by atoms with E-state index in [1.807, 2.05) is 0 Å². The molecule has 0 rings (SSSR count). The fraction of sp³-hybridized carbons (Fsp3) is 0.971. The van der Waals surface area contributed by atoms with Gasteiger partial charge in [-0.1, -0.05) is 169 Å². The van der Waals surface area contributed by atoms with Gasteiger partial charge in [-0.3, -0.25) is 4.99 Å². The summed E-state index contributed by atoms with van der Waals surface area (Å²) in [4.78, 5) is 4.66. The van der Waals surface area contributed by atoms with Crippen LogP contribution in [0.15, 0.2) is 4.99 Å². The minimum Gasteiger partial charge on any atom is -0.387 e. The second kappa shape index (κ2) is 29.4. The van der Waals surface area contributed by atoms with Crippen LogP contribution < -0.4 is 11.1 Å². The lowest BCUT2D eigenvalue weighted by Crippen LogP contribution is -2.31. The quantitative estimate of drug-likeness (QED) is 0.0526. The van der Waals surface area contributed by atoms with E-state index in [1.54, 1.807) is 0 Å². The Hall–Kier alpha value is -0.570. The van der Waals surface area contributed by atoms with E-state index < -0.39 is 0 Å². The van der Waals surface area contributed by atoms with Gasteiger partial charge < -0.3 is 11.1 Å². The molecule has 0 aromatic heterocycles. The Morgan fingerprint density at radius 1 is 0.553 bits per heavy atom. The molecule has 0 aliphatic rings. The van der Waals surface area contributed by atoms with Crippen LogP contribution in [0.2, 0.25) is 0 Å². The molecule has 0 saturated heterocycles. The van der Waals surface area contributed by atoms with Gasteiger partial charge in [-0.2, -0.15) is 0 Å². The summed E-state index contributed by atoms with van der Waals surface area (Å²) >= 11 is 0. The van der Waals surface area contributed by atoms with E-state index >= 15 is 0 Å². The topological polar surface area (TPSA) is 50.4 Å². The van der Waals surface area contributed by atoms with Gasteiger partial charge in [0.15, 0.2) is 0 Å². The Bertz CT molecular complexity index is 486. The molecule has 3 heteroatoms. The van der Waals surface area contributed by atoms with Crippen LogP contribution in [-0.2, 0) is 0 Å². The van der Waals surface area contributed by atoms with E-state index in [4.69, 9.17) is 5.73 Å². The third-order valence-corrected chi connectivity index (χ3v) is 8.20. The van der Waals surface area contributed by atoms with Gasteiger partial charge in [0.05, 0.1) is 5.84 Å². The average Bonchev–Trinajstić information content (AvgIpc) is 2.90. The first kappa shape index (κ1) is 37.4. The van der Waals surface area contributed by atoms with Crippen molar-refractivity contribution in [2.24, 2.45) is 16.1 Å². The van der Waals surface area contributed by atoms with Crippen LogP contribution in [0.5, 0.6) is 0 Å². The molecular formula is C35H73N3. The molecule has 0 aromatic carbocycles. The fourth-order valence-corrected chi connectivity index (χ4v) is 5.33. The van der Waals surface area contributed by atoms with Gasteiger partial charge in [-0.15, -0.1) is 0 Å². The molecule has 0 unspecified atom stereocenters. The summed E-state index contributed by atoms with van der Waals surface area (Å²) in [6.07, 6.45) is 35.7. The Morgan fingerprint density at radius 2 is 0.921 bits per heavy atom. The van der Waals surface area contributed by atoms with Crippen molar-refractivity contribution < 1.29 is 0 Å². The maximum Gasteiger partial charge on any atom is 0.0937 e. The normalized spacial score (nSPS) is 12.5. The van der Waals surface area contributed by atoms with Gasteiger partial charge in [0.25, 0.3) is 0 Å². The van der Waals surface area contributed by atoms with Crippen molar-refractivity contribution in [2.75, 3.05) is 19.6 Å². The van der Waals surface area contributed by atoms with Crippen LogP contribution in [-0.4, -0.2) is 25.5 Å². The number of aliphatic imine (C=N–C) groups is 1. The molecular weight excluding hydrogens is 462 g/mol. The molecule has 0 aromatic rings. The standard InChI is InChI=1S/C35H73N3/c1-5-7-9-11-13-15-17-19-21-23-25-27-31-37-33-35(3,4)30-29-34(36)38-32-28-26-24-22-20-18-16-14-12-10-8-6-2/h37H,5-33H2,1-4H3,(H2,36,38). The Labute approximate surface area is 241 Å². The number of hydrogen-bond acceptors (Lipinski definition) is 2. The van der Waals surface area contributed by atoms with Crippen LogP contribution in [0, 0.1) is 5.41 Å². The first-order valence-corrected chi connectivity index (χ1v) is 17.5. The van der Waals surface area contributed by atoms with Gasteiger partial charge in [0, 0.05) is 19.5 Å². The molecule has 3 nitrogen and oxygen atoms in total. The molecule has 0 saturated carbocycles. The Kier molecular flexibility index (Phi) is 29.0. The molecule has 0 aliphatic heterocycles. The lowest BCUT2D eigenvalue weighted by molar-refractivity contribution is 0.318. The van der Waals surface area contributed by atoms with Crippen LogP contribution in [0.4, 0.5) is 0 Å². The fourth-order valence-electron chi connectivity index (χ4n) is 5.33. The molecule has 3 N–H and O–H groups in total. The maximum absolute atomic E-state index is 6.23. The van der Waals surface area contributed by atoms with E-state index in [1.165, 1.54) is 154 Å². The van der Waals surface area contributed by atoms with E-state index in [0.717, 1.165) is 38.3 Å². The molecule has 228 valence electrons. The van der Waals surface area contributed by atoms with Crippen molar-refractivity contribution in [3.8, 4) is 0 Å². The molecule has 0 spiro atoms. The zero-order valence-electron chi connectivity index (χ0n) is 27.0. The number of unbranched alkanes of at least 4 members (excludes halogenated alkanes) is 22. The molecule has 0 fully saturated rings. The summed E-state index contributed by atoms with van der Waals surface area (Å²) in [7, 11) is 0. The number of rotatable bonds is 31. The number of amidine groups is 1. The van der Waals surface area contributed by atoms with Crippen molar-refractivity contribution in [1.29, 1.82) is 0 Å². The number of hydrogen-bond donors (Lipinski definition) is 2. The van der Waals surface area contributed by atoms with Crippen molar-refractivity contribution >= 4 is 5.84 Å². The van der Waals surface area contributed by atoms with Crippen molar-refractivity contribution in [3.05, 3.63) is 0 Å². The summed E-state index contributed by atoms with van der Waals surface area (Å²) < 4.78 is 0. The molecule has 0 aliphatic carbocycles. The number of nitrogens with one attached hydrogen (secondary N) is 1. The van der Waals surface area contributed by atoms with Gasteiger partial charge in [0.1, 0.15) is 0 Å². The first-order valence-electron chi connectivity index (χ1n) is 17.5. The monoisotopic (exact) mass is 536 g/mol. The van der Waals surface area contributed by atoms with Crippen molar-refractivity contribution in [3.63, 3.8) is 0 Å². The third kappa shape index (κ3) is 30.0. The predicted molar refractivity (Wildman–Crippen MR) is 175 cm³/mol. The first-order chi connectivity index (χ1) is 18.5. The highest BCUT2D eigenvalue weighted by atomic mass is 14.9. The second-order valence-corrected chi connectivity index (χ2v) is 13.0. The summed E-state index contributed by atoms with van der Waals surface area (Å²) in [5.41, 5.74) is 6.52. The van der Waals surface area contributed by atoms with Crippen LogP contribution >= 0.6 is 0 Å². The lowest BCUT2D eigenvalue weighted by atomic mass is 9.87. The minimum atomic E-state index is 0.285. The number of nitrogens with two attached hydrogens (primary N) is 1. The molecule has 0 amide bonds. The third-order valence-electron chi connectivity index (χ3n) is 8.20. The Balaban J connectivity index is 3.48. The largest absolute Gasteiger partial charge is 0.387 e. The zero-order valence-corrected chi connectivity index (χ0v) is 27.0. The highest BCUT2D eigenvalue weighted by Gasteiger charge is 2.17. The average molecular weight is 536 g/mol. The van der Waals surface area contributed by atoms with Gasteiger partial charge in [0.2, 0.25) is 0 Å². The highest BCUT2D eigenvalue weighted by molar-refractivity contribution is 5.80. The van der Waals surface area contributed by atoms with Gasteiger partial charge in [-0.25, -0.2) is 0 Å². The lowest BCUT2D eigenvalue weighted by Gasteiger charge is -2.25.